The molecule has 0 radical (unpaired) electrons. The maximum atomic E-state index is 13.9. The maximum absolute atomic E-state index is 13.9. The van der Waals surface area contributed by atoms with Gasteiger partial charge in [0.1, 0.15) is 5.82 Å². The number of rotatable bonds is 8. The summed E-state index contributed by atoms with van der Waals surface area (Å²) < 4.78 is 29.0. The molecule has 2 amide bonds. The first-order chi connectivity index (χ1) is 15.7. The van der Waals surface area contributed by atoms with Crippen LogP contribution in [0.3, 0.4) is 0 Å². The summed E-state index contributed by atoms with van der Waals surface area (Å²) in [6.07, 6.45) is 0. The number of benzene rings is 2. The van der Waals surface area contributed by atoms with Crippen molar-refractivity contribution in [1.82, 2.24) is 20.1 Å². The Bertz CT molecular complexity index is 1130. The topological polar surface area (TPSA) is 88.9 Å². The second-order valence-electron chi connectivity index (χ2n) is 7.54. The fraction of sp³-hybridized carbons (Fsp3) is 0.273. The van der Waals surface area contributed by atoms with E-state index in [-0.39, 0.29) is 27.7 Å². The van der Waals surface area contributed by atoms with Crippen LogP contribution in [0.5, 0.6) is 0 Å². The Morgan fingerprint density at radius 3 is 2.48 bits per heavy atom. The Labute approximate surface area is 202 Å². The van der Waals surface area contributed by atoms with Crippen molar-refractivity contribution < 1.29 is 18.4 Å². The van der Waals surface area contributed by atoms with Gasteiger partial charge in [-0.3, -0.25) is 9.59 Å². The van der Waals surface area contributed by atoms with Crippen LogP contribution in [-0.4, -0.2) is 32.3 Å². The van der Waals surface area contributed by atoms with Crippen LogP contribution in [-0.2, 0) is 11.8 Å². The van der Waals surface area contributed by atoms with Crippen LogP contribution in [0.4, 0.5) is 14.5 Å². The molecule has 2 aromatic carbocycles. The molecule has 0 spiro atoms. The average Bonchev–Trinajstić information content (AvgIpc) is 3.13. The number of thioether (sulfide) groups is 1. The van der Waals surface area contributed by atoms with Gasteiger partial charge in [0.2, 0.25) is 5.91 Å². The molecule has 174 valence electrons. The molecular formula is C22H22BrF2N5O2S. The minimum atomic E-state index is -0.880. The van der Waals surface area contributed by atoms with E-state index in [9.17, 15) is 18.4 Å². The zero-order chi connectivity index (χ0) is 24.1. The molecule has 7 nitrogen and oxygen atoms in total. The van der Waals surface area contributed by atoms with Crippen LogP contribution < -0.4 is 10.6 Å². The normalized spacial score (nSPS) is 12.0. The molecule has 0 bridgehead atoms. The molecule has 2 N–H and O–H groups in total. The van der Waals surface area contributed by atoms with Crippen molar-refractivity contribution >= 4 is 45.2 Å². The van der Waals surface area contributed by atoms with E-state index in [0.717, 1.165) is 17.8 Å². The highest BCUT2D eigenvalue weighted by Crippen LogP contribution is 2.28. The number of hydrogen-bond donors (Lipinski definition) is 2. The van der Waals surface area contributed by atoms with Gasteiger partial charge in [-0.2, -0.15) is 0 Å². The summed E-state index contributed by atoms with van der Waals surface area (Å²) in [7, 11) is 1.75. The average molecular weight is 538 g/mol. The summed E-state index contributed by atoms with van der Waals surface area (Å²) in [5.41, 5.74) is 0.403. The molecule has 1 unspecified atom stereocenters. The lowest BCUT2D eigenvalue weighted by atomic mass is 10.0. The number of anilines is 1. The van der Waals surface area contributed by atoms with Crippen molar-refractivity contribution in [3.05, 3.63) is 70.0 Å². The standard InChI is InChI=1S/C22H22BrF2N5O2S/c1-12(2)18(27-21(32)13-7-5-4-6-8-13)20-28-29-22(30(20)3)33-11-17(31)26-19-15(23)9-14(24)10-16(19)25/h4-10,12,18H,11H2,1-3H3,(H,26,31)(H,27,32). The summed E-state index contributed by atoms with van der Waals surface area (Å²) >= 11 is 4.15. The molecule has 0 aliphatic rings. The molecule has 1 heterocycles. The van der Waals surface area contributed by atoms with E-state index >= 15 is 0 Å². The van der Waals surface area contributed by atoms with Gasteiger partial charge in [0, 0.05) is 23.2 Å². The number of nitrogens with one attached hydrogen (secondary N) is 2. The summed E-state index contributed by atoms with van der Waals surface area (Å²) in [4.78, 5) is 24.9. The highest BCUT2D eigenvalue weighted by Gasteiger charge is 2.25. The molecule has 0 fully saturated rings. The fourth-order valence-electron chi connectivity index (χ4n) is 3.03. The van der Waals surface area contributed by atoms with Gasteiger partial charge in [-0.15, -0.1) is 10.2 Å². The number of carbonyl (C=O) groups excluding carboxylic acids is 2. The van der Waals surface area contributed by atoms with Crippen LogP contribution in [0.15, 0.2) is 52.1 Å². The summed E-state index contributed by atoms with van der Waals surface area (Å²) in [5, 5.41) is 14.2. The van der Waals surface area contributed by atoms with Crippen molar-refractivity contribution in [3.63, 3.8) is 0 Å². The van der Waals surface area contributed by atoms with Crippen molar-refractivity contribution in [1.29, 1.82) is 0 Å². The van der Waals surface area contributed by atoms with Crippen LogP contribution in [0, 0.1) is 17.6 Å². The Balaban J connectivity index is 1.68. The Morgan fingerprint density at radius 1 is 1.15 bits per heavy atom. The zero-order valence-electron chi connectivity index (χ0n) is 18.1. The monoisotopic (exact) mass is 537 g/mol. The lowest BCUT2D eigenvalue weighted by Gasteiger charge is -2.21. The number of amides is 2. The van der Waals surface area contributed by atoms with E-state index in [0.29, 0.717) is 22.6 Å². The molecule has 1 aromatic heterocycles. The first-order valence-electron chi connectivity index (χ1n) is 9.99. The third kappa shape index (κ3) is 6.17. The number of nitrogens with zero attached hydrogens (tertiary/aromatic N) is 3. The van der Waals surface area contributed by atoms with Gasteiger partial charge in [0.15, 0.2) is 16.8 Å². The highest BCUT2D eigenvalue weighted by atomic mass is 79.9. The zero-order valence-corrected chi connectivity index (χ0v) is 20.5. The Morgan fingerprint density at radius 2 is 1.85 bits per heavy atom. The second kappa shape index (κ2) is 10.9. The van der Waals surface area contributed by atoms with Gasteiger partial charge in [-0.05, 0) is 40.0 Å². The van der Waals surface area contributed by atoms with Gasteiger partial charge in [-0.1, -0.05) is 43.8 Å². The third-order valence-corrected chi connectivity index (χ3v) is 6.39. The van der Waals surface area contributed by atoms with Crippen LogP contribution in [0.1, 0.15) is 36.1 Å². The van der Waals surface area contributed by atoms with Crippen molar-refractivity contribution in [2.45, 2.75) is 25.0 Å². The molecule has 3 aromatic rings. The largest absolute Gasteiger partial charge is 0.342 e. The number of carbonyl (C=O) groups is 2. The lowest BCUT2D eigenvalue weighted by Crippen LogP contribution is -2.33. The van der Waals surface area contributed by atoms with Crippen molar-refractivity contribution in [2.24, 2.45) is 13.0 Å². The first-order valence-corrected chi connectivity index (χ1v) is 11.8. The second-order valence-corrected chi connectivity index (χ2v) is 9.34. The number of aromatic nitrogens is 3. The lowest BCUT2D eigenvalue weighted by molar-refractivity contribution is -0.113. The van der Waals surface area contributed by atoms with Gasteiger partial charge in [0.25, 0.3) is 5.91 Å². The molecule has 0 saturated carbocycles. The van der Waals surface area contributed by atoms with Gasteiger partial charge < -0.3 is 15.2 Å². The maximum Gasteiger partial charge on any atom is 0.251 e. The predicted molar refractivity (Wildman–Crippen MR) is 126 cm³/mol. The van der Waals surface area contributed by atoms with Crippen molar-refractivity contribution in [2.75, 3.05) is 11.1 Å². The number of halogens is 3. The van der Waals surface area contributed by atoms with E-state index in [2.05, 4.69) is 36.8 Å². The van der Waals surface area contributed by atoms with Crippen LogP contribution in [0.2, 0.25) is 0 Å². The van der Waals surface area contributed by atoms with E-state index in [1.165, 1.54) is 0 Å². The SMILES string of the molecule is CC(C)C(NC(=O)c1ccccc1)c1nnc(SCC(=O)Nc2c(F)cc(F)cc2Br)n1C. The third-order valence-electron chi connectivity index (χ3n) is 4.74. The smallest absolute Gasteiger partial charge is 0.251 e. The van der Waals surface area contributed by atoms with Gasteiger partial charge >= 0.3 is 0 Å². The molecule has 11 heteroatoms. The fourth-order valence-corrected chi connectivity index (χ4v) is 4.26. The molecule has 0 saturated heterocycles. The summed E-state index contributed by atoms with van der Waals surface area (Å²) in [6, 6.07) is 10.2. The van der Waals surface area contributed by atoms with Crippen LogP contribution in [0.25, 0.3) is 0 Å². The predicted octanol–water partition coefficient (Wildman–Crippen LogP) is 4.71. The molecular weight excluding hydrogens is 516 g/mol. The van der Waals surface area contributed by atoms with E-state index in [4.69, 9.17) is 0 Å². The molecule has 0 aliphatic heterocycles. The minimum absolute atomic E-state index is 0.0283. The minimum Gasteiger partial charge on any atom is -0.342 e. The summed E-state index contributed by atoms with van der Waals surface area (Å²) in [6.45, 7) is 3.92. The quantitative estimate of drug-likeness (QED) is 0.406. The van der Waals surface area contributed by atoms with E-state index in [1.54, 1.807) is 35.9 Å². The van der Waals surface area contributed by atoms with Gasteiger partial charge in [0.05, 0.1) is 17.5 Å². The van der Waals surface area contributed by atoms with E-state index < -0.39 is 23.6 Å². The molecule has 1 atom stereocenters. The van der Waals surface area contributed by atoms with Crippen molar-refractivity contribution in [3.8, 4) is 0 Å². The Hall–Kier alpha value is -2.79. The first kappa shape index (κ1) is 24.8. The van der Waals surface area contributed by atoms with Gasteiger partial charge in [-0.25, -0.2) is 8.78 Å². The van der Waals surface area contributed by atoms with Crippen LogP contribution >= 0.6 is 27.7 Å². The number of hydrogen-bond acceptors (Lipinski definition) is 5. The molecule has 33 heavy (non-hydrogen) atoms. The molecule has 3 rings (SSSR count). The Kier molecular flexibility index (Phi) is 8.20. The summed E-state index contributed by atoms with van der Waals surface area (Å²) in [5.74, 6) is -1.85. The molecule has 0 aliphatic carbocycles. The highest BCUT2D eigenvalue weighted by molar-refractivity contribution is 9.10. The van der Waals surface area contributed by atoms with E-state index in [1.807, 2.05) is 19.9 Å².